The van der Waals surface area contributed by atoms with Gasteiger partial charge in [-0.3, -0.25) is 0 Å². The maximum Gasteiger partial charge on any atom is -0.0159 e. The highest BCUT2D eigenvalue weighted by molar-refractivity contribution is 5.44. The molecule has 0 radical (unpaired) electrons. The molecule has 0 atom stereocenters. The largest absolute Gasteiger partial charge is 0.0550 e. The molecule has 1 aromatic carbocycles. The van der Waals surface area contributed by atoms with E-state index in [2.05, 4.69) is 19.1 Å². The number of hydrogen-bond acceptors (Lipinski definition) is 0. The summed E-state index contributed by atoms with van der Waals surface area (Å²) in [7, 11) is 0. The van der Waals surface area contributed by atoms with Gasteiger partial charge in [0.05, 0.1) is 0 Å². The van der Waals surface area contributed by atoms with Gasteiger partial charge in [-0.15, -0.1) is 0 Å². The van der Waals surface area contributed by atoms with Crippen LogP contribution in [-0.2, 0) is 0 Å². The summed E-state index contributed by atoms with van der Waals surface area (Å²) in [5.74, 6) is 2.50. The number of benzene rings is 1. The van der Waals surface area contributed by atoms with Gasteiger partial charge in [0.25, 0.3) is 0 Å². The maximum absolute atomic E-state index is 2.75. The molecule has 0 saturated heterocycles. The van der Waals surface area contributed by atoms with Crippen LogP contribution in [-0.4, -0.2) is 0 Å². The van der Waals surface area contributed by atoms with Gasteiger partial charge in [-0.25, -0.2) is 0 Å². The predicted octanol–water partition coefficient (Wildman–Crippen LogP) is 10.5. The van der Waals surface area contributed by atoms with Crippen molar-refractivity contribution in [1.29, 1.82) is 0 Å². The molecule has 1 aromatic rings. The summed E-state index contributed by atoms with van der Waals surface area (Å²) >= 11 is 0. The molecule has 0 unspecified atom stereocenters. The van der Waals surface area contributed by atoms with Crippen molar-refractivity contribution in [2.24, 2.45) is 0 Å². The van der Waals surface area contributed by atoms with Gasteiger partial charge < -0.3 is 0 Å². The SMILES string of the molecule is Cc1c(C2CCCCCCC2)cc(C2CCCCCCC2)cc1C1CCCCCCC1. The van der Waals surface area contributed by atoms with Gasteiger partial charge in [0.1, 0.15) is 0 Å². The Kier molecular flexibility index (Phi) is 9.40. The minimum atomic E-state index is 0.834. The lowest BCUT2D eigenvalue weighted by atomic mass is 9.75. The quantitative estimate of drug-likeness (QED) is 0.454. The highest BCUT2D eigenvalue weighted by atomic mass is 14.3. The Morgan fingerprint density at radius 3 is 1.06 bits per heavy atom. The molecule has 0 heterocycles. The van der Waals surface area contributed by atoms with Crippen LogP contribution >= 0.6 is 0 Å². The van der Waals surface area contributed by atoms with Crippen LogP contribution in [0.1, 0.15) is 175 Å². The smallest absolute Gasteiger partial charge is 0.0159 e. The van der Waals surface area contributed by atoms with Crippen molar-refractivity contribution in [3.05, 3.63) is 34.4 Å². The van der Waals surface area contributed by atoms with Crippen LogP contribution in [0, 0.1) is 6.92 Å². The van der Waals surface area contributed by atoms with Gasteiger partial charge in [-0.1, -0.05) is 108 Å². The van der Waals surface area contributed by atoms with Crippen molar-refractivity contribution < 1.29 is 0 Å². The average molecular weight is 423 g/mol. The zero-order valence-corrected chi connectivity index (χ0v) is 20.7. The summed E-state index contributed by atoms with van der Waals surface area (Å²) in [6.45, 7) is 2.52. The van der Waals surface area contributed by atoms with Gasteiger partial charge in [0.15, 0.2) is 0 Å². The van der Waals surface area contributed by atoms with E-state index in [9.17, 15) is 0 Å². The zero-order valence-electron chi connectivity index (χ0n) is 20.7. The molecule has 0 amide bonds. The molecule has 31 heavy (non-hydrogen) atoms. The molecule has 0 aromatic heterocycles. The summed E-state index contributed by atoms with van der Waals surface area (Å²) in [5, 5.41) is 0. The molecule has 0 aliphatic heterocycles. The summed E-state index contributed by atoms with van der Waals surface area (Å²) in [6, 6.07) is 5.50. The predicted molar refractivity (Wildman–Crippen MR) is 136 cm³/mol. The Hall–Kier alpha value is -0.780. The van der Waals surface area contributed by atoms with Crippen molar-refractivity contribution in [1.82, 2.24) is 0 Å². The molecular formula is C31H50. The highest BCUT2D eigenvalue weighted by Gasteiger charge is 2.24. The van der Waals surface area contributed by atoms with E-state index in [0.29, 0.717) is 0 Å². The summed E-state index contributed by atoms with van der Waals surface area (Å²) < 4.78 is 0. The molecule has 3 aliphatic carbocycles. The second kappa shape index (κ2) is 12.5. The first kappa shape index (κ1) is 23.4. The van der Waals surface area contributed by atoms with Crippen molar-refractivity contribution in [3.8, 4) is 0 Å². The Bertz CT molecular complexity index is 589. The molecule has 0 N–H and O–H groups in total. The third kappa shape index (κ3) is 6.61. The molecule has 3 fully saturated rings. The van der Waals surface area contributed by atoms with Gasteiger partial charge in [-0.2, -0.15) is 0 Å². The van der Waals surface area contributed by atoms with E-state index in [1.165, 1.54) is 135 Å². The molecule has 0 spiro atoms. The lowest BCUT2D eigenvalue weighted by Gasteiger charge is -2.30. The van der Waals surface area contributed by atoms with Gasteiger partial charge >= 0.3 is 0 Å². The molecule has 0 heteroatoms. The second-order valence-corrected chi connectivity index (χ2v) is 11.5. The van der Waals surface area contributed by atoms with E-state index in [0.717, 1.165) is 17.8 Å². The fourth-order valence-electron chi connectivity index (χ4n) is 7.19. The van der Waals surface area contributed by atoms with E-state index in [4.69, 9.17) is 0 Å². The standard InChI is InChI=1S/C31H50/c1-25-30(27-19-13-7-3-8-14-20-27)23-29(26-17-11-5-2-6-12-18-26)24-31(25)28-21-15-9-4-10-16-22-28/h23-24,26-28H,2-22H2,1H3. The minimum Gasteiger partial charge on any atom is -0.0550 e. The van der Waals surface area contributed by atoms with Crippen LogP contribution in [0.2, 0.25) is 0 Å². The Balaban J connectivity index is 1.67. The summed E-state index contributed by atoms with van der Waals surface area (Å²) in [5.41, 5.74) is 7.05. The van der Waals surface area contributed by atoms with Gasteiger partial charge in [-0.05, 0) is 85.5 Å². The monoisotopic (exact) mass is 422 g/mol. The van der Waals surface area contributed by atoms with Crippen molar-refractivity contribution in [3.63, 3.8) is 0 Å². The van der Waals surface area contributed by atoms with Crippen LogP contribution in [0.4, 0.5) is 0 Å². The van der Waals surface area contributed by atoms with E-state index in [1.807, 2.05) is 0 Å². The Labute approximate surface area is 194 Å². The third-order valence-corrected chi connectivity index (χ3v) is 9.18. The molecule has 0 bridgehead atoms. The first-order chi connectivity index (χ1) is 15.3. The van der Waals surface area contributed by atoms with E-state index in [-0.39, 0.29) is 0 Å². The minimum absolute atomic E-state index is 0.834. The Morgan fingerprint density at radius 1 is 0.419 bits per heavy atom. The molecule has 0 nitrogen and oxygen atoms in total. The summed E-state index contributed by atoms with van der Waals surface area (Å²) in [4.78, 5) is 0. The lowest BCUT2D eigenvalue weighted by Crippen LogP contribution is -2.12. The lowest BCUT2D eigenvalue weighted by molar-refractivity contribution is 0.439. The van der Waals surface area contributed by atoms with E-state index < -0.39 is 0 Å². The van der Waals surface area contributed by atoms with E-state index in [1.54, 1.807) is 22.3 Å². The molecule has 3 saturated carbocycles. The fourth-order valence-corrected chi connectivity index (χ4v) is 7.19. The highest BCUT2D eigenvalue weighted by Crippen LogP contribution is 2.42. The number of rotatable bonds is 3. The van der Waals surface area contributed by atoms with Crippen LogP contribution in [0.15, 0.2) is 12.1 Å². The number of hydrogen-bond donors (Lipinski definition) is 0. The van der Waals surface area contributed by atoms with Crippen molar-refractivity contribution in [2.45, 2.75) is 160 Å². The van der Waals surface area contributed by atoms with Crippen LogP contribution in [0.5, 0.6) is 0 Å². The van der Waals surface area contributed by atoms with E-state index >= 15 is 0 Å². The van der Waals surface area contributed by atoms with Gasteiger partial charge in [0, 0.05) is 0 Å². The second-order valence-electron chi connectivity index (χ2n) is 11.5. The Morgan fingerprint density at radius 2 is 0.710 bits per heavy atom. The first-order valence-electron chi connectivity index (χ1n) is 14.5. The van der Waals surface area contributed by atoms with Crippen molar-refractivity contribution >= 4 is 0 Å². The zero-order chi connectivity index (χ0) is 21.3. The average Bonchev–Trinajstić information content (AvgIpc) is 2.69. The molecular weight excluding hydrogens is 372 g/mol. The molecule has 3 aliphatic rings. The third-order valence-electron chi connectivity index (χ3n) is 9.18. The first-order valence-corrected chi connectivity index (χ1v) is 14.5. The van der Waals surface area contributed by atoms with Crippen molar-refractivity contribution in [2.75, 3.05) is 0 Å². The fraction of sp³-hybridized carbons (Fsp3) is 0.806. The maximum atomic E-state index is 2.75. The van der Waals surface area contributed by atoms with Crippen LogP contribution in [0.3, 0.4) is 0 Å². The topological polar surface area (TPSA) is 0 Å². The van der Waals surface area contributed by atoms with Gasteiger partial charge in [0.2, 0.25) is 0 Å². The molecule has 4 rings (SSSR count). The van der Waals surface area contributed by atoms with Crippen LogP contribution in [0.25, 0.3) is 0 Å². The summed E-state index contributed by atoms with van der Waals surface area (Å²) in [6.07, 6.45) is 30.6. The normalized spacial score (nSPS) is 24.4. The van der Waals surface area contributed by atoms with Crippen LogP contribution < -0.4 is 0 Å². The molecule has 174 valence electrons.